The van der Waals surface area contributed by atoms with Crippen LogP contribution in [0.15, 0.2) is 15.4 Å². The topological polar surface area (TPSA) is 62.6 Å². The van der Waals surface area contributed by atoms with E-state index in [1.54, 1.807) is 27.1 Å². The summed E-state index contributed by atoms with van der Waals surface area (Å²) in [7, 11) is 0.0380. The predicted octanol–water partition coefficient (Wildman–Crippen LogP) is 1.09. The summed E-state index contributed by atoms with van der Waals surface area (Å²) in [6.45, 7) is 2.22. The molecule has 5 nitrogen and oxygen atoms in total. The van der Waals surface area contributed by atoms with Gasteiger partial charge in [-0.15, -0.1) is 0 Å². The summed E-state index contributed by atoms with van der Waals surface area (Å²) in [6.07, 6.45) is 1.91. The smallest absolute Gasteiger partial charge is 0.246 e. The van der Waals surface area contributed by atoms with E-state index in [-0.39, 0.29) is 10.9 Å². The Morgan fingerprint density at radius 3 is 2.71 bits per heavy atom. The molecule has 17 heavy (non-hydrogen) atoms. The lowest BCUT2D eigenvalue weighted by Gasteiger charge is -2.15. The molecule has 1 N–H and O–H groups in total. The molecule has 0 spiro atoms. The van der Waals surface area contributed by atoms with Crippen LogP contribution in [-0.4, -0.2) is 32.9 Å². The lowest BCUT2D eigenvalue weighted by molar-refractivity contribution is 0.451. The van der Waals surface area contributed by atoms with Crippen LogP contribution in [0.5, 0.6) is 0 Å². The van der Waals surface area contributed by atoms with Gasteiger partial charge in [0.25, 0.3) is 0 Å². The van der Waals surface area contributed by atoms with Gasteiger partial charge in [0.2, 0.25) is 10.0 Å². The van der Waals surface area contributed by atoms with E-state index in [1.165, 1.54) is 4.31 Å². The van der Waals surface area contributed by atoms with Crippen molar-refractivity contribution in [2.45, 2.75) is 37.2 Å². The van der Waals surface area contributed by atoms with Crippen molar-refractivity contribution in [2.24, 2.45) is 0 Å². The highest BCUT2D eigenvalue weighted by Gasteiger charge is 2.36. The van der Waals surface area contributed by atoms with Crippen LogP contribution in [0.2, 0.25) is 0 Å². The number of hydrogen-bond donors (Lipinski definition) is 1. The summed E-state index contributed by atoms with van der Waals surface area (Å²) in [5, 5.41) is 2.94. The molecule has 1 heterocycles. The third kappa shape index (κ3) is 2.38. The molecule has 1 aromatic rings. The molecule has 0 aromatic carbocycles. The molecule has 1 aromatic heterocycles. The van der Waals surface area contributed by atoms with Crippen molar-refractivity contribution in [3.8, 4) is 0 Å². The van der Waals surface area contributed by atoms with Gasteiger partial charge in [-0.2, -0.15) is 4.31 Å². The molecule has 96 valence electrons. The summed E-state index contributed by atoms with van der Waals surface area (Å²) in [5.41, 5.74) is 0. The second kappa shape index (κ2) is 4.44. The van der Waals surface area contributed by atoms with Crippen molar-refractivity contribution < 1.29 is 12.8 Å². The first kappa shape index (κ1) is 12.6. The lowest BCUT2D eigenvalue weighted by atomic mass is 10.4. The van der Waals surface area contributed by atoms with Gasteiger partial charge in [0.1, 0.15) is 16.4 Å². The van der Waals surface area contributed by atoms with Gasteiger partial charge in [0, 0.05) is 19.2 Å². The lowest BCUT2D eigenvalue weighted by Crippen LogP contribution is -2.29. The van der Waals surface area contributed by atoms with Crippen LogP contribution in [0.4, 0.5) is 0 Å². The zero-order valence-electron chi connectivity index (χ0n) is 10.4. The maximum absolute atomic E-state index is 12.3. The van der Waals surface area contributed by atoms with E-state index in [4.69, 9.17) is 4.42 Å². The van der Waals surface area contributed by atoms with Gasteiger partial charge in [-0.25, -0.2) is 8.42 Å². The van der Waals surface area contributed by atoms with Gasteiger partial charge in [0.15, 0.2) is 0 Å². The molecule has 1 saturated carbocycles. The highest BCUT2D eigenvalue weighted by atomic mass is 32.2. The Labute approximate surface area is 102 Å². The molecule has 1 fully saturated rings. The van der Waals surface area contributed by atoms with E-state index in [1.807, 2.05) is 0 Å². The fourth-order valence-electron chi connectivity index (χ4n) is 1.83. The zero-order chi connectivity index (χ0) is 12.6. The molecule has 0 saturated heterocycles. The van der Waals surface area contributed by atoms with Crippen LogP contribution in [0.3, 0.4) is 0 Å². The maximum atomic E-state index is 12.3. The third-order valence-corrected chi connectivity index (χ3v) is 5.01. The quantitative estimate of drug-likeness (QED) is 0.858. The minimum Gasteiger partial charge on any atom is -0.464 e. The normalized spacial score (nSPS) is 16.7. The Kier molecular flexibility index (Phi) is 3.29. The molecular formula is C11H18N2O3S. The average Bonchev–Trinajstić information content (AvgIpc) is 3.03. The highest BCUT2D eigenvalue weighted by molar-refractivity contribution is 7.89. The monoisotopic (exact) mass is 258 g/mol. The molecule has 6 heteroatoms. The number of hydrogen-bond acceptors (Lipinski definition) is 4. The van der Waals surface area contributed by atoms with E-state index in [2.05, 4.69) is 5.32 Å². The molecule has 0 unspecified atom stereocenters. The van der Waals surface area contributed by atoms with E-state index in [0.29, 0.717) is 18.1 Å². The molecular weight excluding hydrogens is 240 g/mol. The Morgan fingerprint density at radius 2 is 2.18 bits per heavy atom. The Balaban J connectivity index is 2.31. The van der Waals surface area contributed by atoms with Crippen LogP contribution in [0.1, 0.15) is 24.4 Å². The summed E-state index contributed by atoms with van der Waals surface area (Å²) < 4.78 is 31.5. The molecule has 0 atom stereocenters. The van der Waals surface area contributed by atoms with Crippen LogP contribution in [-0.2, 0) is 16.6 Å². The molecule has 0 amide bonds. The molecule has 0 radical (unpaired) electrons. The molecule has 2 rings (SSSR count). The van der Waals surface area contributed by atoms with E-state index in [9.17, 15) is 8.42 Å². The largest absolute Gasteiger partial charge is 0.464 e. The van der Waals surface area contributed by atoms with Crippen molar-refractivity contribution in [1.82, 2.24) is 9.62 Å². The summed E-state index contributed by atoms with van der Waals surface area (Å²) in [5.74, 6) is 1.11. The summed E-state index contributed by atoms with van der Waals surface area (Å²) >= 11 is 0. The van der Waals surface area contributed by atoms with Crippen molar-refractivity contribution >= 4 is 10.0 Å². The molecule has 0 bridgehead atoms. The average molecular weight is 258 g/mol. The molecule has 1 aliphatic carbocycles. The second-order valence-corrected chi connectivity index (χ2v) is 6.38. The minimum atomic E-state index is -3.39. The second-order valence-electron chi connectivity index (χ2n) is 4.42. The van der Waals surface area contributed by atoms with Crippen LogP contribution in [0.25, 0.3) is 0 Å². The Hall–Kier alpha value is -0.850. The van der Waals surface area contributed by atoms with E-state index in [0.717, 1.165) is 12.8 Å². The molecule has 0 aliphatic heterocycles. The SMILES string of the molecule is CNCc1cc(S(=O)(=O)N(C)C2CC2)c(C)o1. The van der Waals surface area contributed by atoms with Crippen molar-refractivity contribution in [3.05, 3.63) is 17.6 Å². The van der Waals surface area contributed by atoms with Gasteiger partial charge in [0.05, 0.1) is 6.54 Å². The highest BCUT2D eigenvalue weighted by Crippen LogP contribution is 2.32. The fourth-order valence-corrected chi connectivity index (χ4v) is 3.43. The summed E-state index contributed by atoms with van der Waals surface area (Å²) in [4.78, 5) is 0.289. The van der Waals surface area contributed by atoms with Crippen molar-refractivity contribution in [1.29, 1.82) is 0 Å². The Morgan fingerprint density at radius 1 is 1.53 bits per heavy atom. The Bertz CT molecular complexity index is 503. The van der Waals surface area contributed by atoms with Crippen LogP contribution in [0, 0.1) is 6.92 Å². The first-order valence-electron chi connectivity index (χ1n) is 5.68. The number of rotatable bonds is 5. The number of aryl methyl sites for hydroxylation is 1. The van der Waals surface area contributed by atoms with Gasteiger partial charge in [-0.3, -0.25) is 0 Å². The van der Waals surface area contributed by atoms with Gasteiger partial charge >= 0.3 is 0 Å². The summed E-state index contributed by atoms with van der Waals surface area (Å²) in [6, 6.07) is 1.78. The standard InChI is InChI=1S/C11H18N2O3S/c1-8-11(6-10(16-8)7-12-2)17(14,15)13(3)9-4-5-9/h6,9,12H,4-5,7H2,1-3H3. The maximum Gasteiger partial charge on any atom is 0.246 e. The third-order valence-electron chi connectivity index (χ3n) is 2.99. The number of sulfonamides is 1. The molecule has 1 aliphatic rings. The first-order chi connectivity index (χ1) is 7.96. The number of furan rings is 1. The van der Waals surface area contributed by atoms with Crippen molar-refractivity contribution in [3.63, 3.8) is 0 Å². The van der Waals surface area contributed by atoms with Gasteiger partial charge in [-0.05, 0) is 26.8 Å². The zero-order valence-corrected chi connectivity index (χ0v) is 11.2. The number of nitrogens with zero attached hydrogens (tertiary/aromatic N) is 1. The first-order valence-corrected chi connectivity index (χ1v) is 7.12. The van der Waals surface area contributed by atoms with E-state index >= 15 is 0 Å². The number of nitrogens with one attached hydrogen (secondary N) is 1. The minimum absolute atomic E-state index is 0.169. The predicted molar refractivity (Wildman–Crippen MR) is 64.2 cm³/mol. The van der Waals surface area contributed by atoms with Gasteiger partial charge < -0.3 is 9.73 Å². The van der Waals surface area contributed by atoms with Crippen LogP contribution < -0.4 is 5.32 Å². The fraction of sp³-hybridized carbons (Fsp3) is 0.636. The van der Waals surface area contributed by atoms with Crippen molar-refractivity contribution in [2.75, 3.05) is 14.1 Å². The van der Waals surface area contributed by atoms with Gasteiger partial charge in [-0.1, -0.05) is 0 Å². The van der Waals surface area contributed by atoms with E-state index < -0.39 is 10.0 Å². The van der Waals surface area contributed by atoms with Crippen LogP contribution >= 0.6 is 0 Å².